The van der Waals surface area contributed by atoms with Crippen LogP contribution in [0.2, 0.25) is 0 Å². The van der Waals surface area contributed by atoms with E-state index in [0.717, 1.165) is 4.90 Å². The third kappa shape index (κ3) is 9.78. The molecule has 0 aliphatic heterocycles. The molecule has 196 valence electrons. The summed E-state index contributed by atoms with van der Waals surface area (Å²) in [7, 11) is 1.18. The van der Waals surface area contributed by atoms with E-state index in [1.807, 2.05) is 19.9 Å². The van der Waals surface area contributed by atoms with Crippen molar-refractivity contribution in [2.45, 2.75) is 58.7 Å². The molecule has 3 amide bonds. The predicted octanol–water partition coefficient (Wildman–Crippen LogP) is 2.95. The number of carbonyl (C=O) groups excluding carboxylic acids is 4. The number of alkyl carbamates (subject to hydrolysis) is 1. The van der Waals surface area contributed by atoms with E-state index in [1.54, 1.807) is 51.1 Å². The van der Waals surface area contributed by atoms with Gasteiger partial charge < -0.3 is 25.0 Å². The number of esters is 1. The second-order valence-corrected chi connectivity index (χ2v) is 9.52. The van der Waals surface area contributed by atoms with Crippen LogP contribution in [0.4, 0.5) is 4.79 Å². The van der Waals surface area contributed by atoms with Gasteiger partial charge >= 0.3 is 12.1 Å². The molecule has 0 radical (unpaired) electrons. The Morgan fingerprint density at radius 1 is 1.22 bits per heavy atom. The monoisotopic (exact) mass is 500 g/mol. The molecule has 0 saturated heterocycles. The van der Waals surface area contributed by atoms with E-state index in [2.05, 4.69) is 21.9 Å². The number of hydrogen-bond donors (Lipinski definition) is 2. The summed E-state index contributed by atoms with van der Waals surface area (Å²) < 4.78 is 9.89. The van der Waals surface area contributed by atoms with Crippen molar-refractivity contribution in [2.75, 3.05) is 20.2 Å². The quantitative estimate of drug-likeness (QED) is 0.352. The van der Waals surface area contributed by atoms with Crippen molar-refractivity contribution in [3.8, 4) is 6.07 Å². The summed E-state index contributed by atoms with van der Waals surface area (Å²) in [5.41, 5.74) is 0.302. The van der Waals surface area contributed by atoms with Crippen LogP contribution < -0.4 is 10.6 Å². The molecular weight excluding hydrogens is 464 g/mol. The second-order valence-electron chi connectivity index (χ2n) is 9.52. The molecule has 2 atom stereocenters. The first-order valence-electron chi connectivity index (χ1n) is 11.6. The number of methoxy groups -OCH3 is 1. The molecule has 2 unspecified atom stereocenters. The van der Waals surface area contributed by atoms with Crippen LogP contribution in [0, 0.1) is 17.2 Å². The van der Waals surface area contributed by atoms with Crippen LogP contribution in [0.15, 0.2) is 30.8 Å². The minimum absolute atomic E-state index is 0.00600. The fourth-order valence-corrected chi connectivity index (χ4v) is 3.37. The van der Waals surface area contributed by atoms with E-state index in [1.165, 1.54) is 7.11 Å². The maximum atomic E-state index is 13.8. The molecule has 10 nitrogen and oxygen atoms in total. The Balaban J connectivity index is 3.48. The van der Waals surface area contributed by atoms with Crippen LogP contribution in [-0.4, -0.2) is 60.6 Å². The smallest absolute Gasteiger partial charge is 0.408 e. The van der Waals surface area contributed by atoms with Crippen LogP contribution in [0.5, 0.6) is 0 Å². The second kappa shape index (κ2) is 13.9. The molecule has 0 aliphatic carbocycles. The normalized spacial score (nSPS) is 12.5. The van der Waals surface area contributed by atoms with Crippen molar-refractivity contribution in [1.29, 1.82) is 5.26 Å². The Kier molecular flexibility index (Phi) is 11.6. The van der Waals surface area contributed by atoms with E-state index in [-0.39, 0.29) is 12.3 Å². The third-order valence-electron chi connectivity index (χ3n) is 4.88. The highest BCUT2D eigenvalue weighted by molar-refractivity contribution is 5.93. The number of nitrogens with zero attached hydrogens (tertiary/aromatic N) is 2. The molecule has 36 heavy (non-hydrogen) atoms. The average molecular weight is 501 g/mol. The van der Waals surface area contributed by atoms with Gasteiger partial charge in [-0.3, -0.25) is 14.4 Å². The van der Waals surface area contributed by atoms with Crippen molar-refractivity contribution < 1.29 is 28.7 Å². The zero-order valence-electron chi connectivity index (χ0n) is 21.8. The molecule has 10 heteroatoms. The van der Waals surface area contributed by atoms with E-state index >= 15 is 0 Å². The first kappa shape index (κ1) is 30.2. The van der Waals surface area contributed by atoms with E-state index in [4.69, 9.17) is 4.74 Å². The van der Waals surface area contributed by atoms with Gasteiger partial charge in [-0.05, 0) is 50.3 Å². The molecule has 0 aliphatic rings. The average Bonchev–Trinajstić information content (AvgIpc) is 2.79. The summed E-state index contributed by atoms with van der Waals surface area (Å²) >= 11 is 0. The first-order chi connectivity index (χ1) is 16.8. The van der Waals surface area contributed by atoms with Gasteiger partial charge in [0.1, 0.15) is 30.8 Å². The summed E-state index contributed by atoms with van der Waals surface area (Å²) in [5.74, 6) is -2.01. The van der Waals surface area contributed by atoms with Crippen LogP contribution >= 0.6 is 0 Å². The number of ether oxygens (including phenoxy) is 2. The SMILES string of the molecule is C=Cc1cccc(C(C(=O)NCC(=O)OC)N(CC#N)C(=O)C(CC(C)C)NC(=O)OC(C)(C)C)c1. The van der Waals surface area contributed by atoms with Gasteiger partial charge in [0.25, 0.3) is 0 Å². The van der Waals surface area contributed by atoms with E-state index < -0.39 is 54.7 Å². The Labute approximate surface area is 212 Å². The number of benzene rings is 1. The zero-order valence-corrected chi connectivity index (χ0v) is 21.8. The molecule has 0 saturated carbocycles. The standard InChI is InChI=1S/C26H36N4O6/c1-8-18-10-9-11-19(15-18)22(23(32)28-16-21(31)35-7)30(13-12-27)24(33)20(14-17(2)3)29-25(34)36-26(4,5)6/h8-11,15,17,20,22H,1,13-14,16H2,2-7H3,(H,28,32)(H,29,34). The van der Waals surface area contributed by atoms with Gasteiger partial charge in [-0.2, -0.15) is 5.26 Å². The Morgan fingerprint density at radius 3 is 2.42 bits per heavy atom. The van der Waals surface area contributed by atoms with Crippen molar-refractivity contribution in [1.82, 2.24) is 15.5 Å². The predicted molar refractivity (Wildman–Crippen MR) is 134 cm³/mol. The highest BCUT2D eigenvalue weighted by atomic mass is 16.6. The van der Waals surface area contributed by atoms with Crippen molar-refractivity contribution in [3.05, 3.63) is 42.0 Å². The van der Waals surface area contributed by atoms with Crippen LogP contribution in [-0.2, 0) is 23.9 Å². The largest absolute Gasteiger partial charge is 0.468 e. The number of nitriles is 1. The Hall–Kier alpha value is -3.87. The number of hydrogen-bond acceptors (Lipinski definition) is 7. The molecule has 2 N–H and O–H groups in total. The van der Waals surface area contributed by atoms with Crippen LogP contribution in [0.25, 0.3) is 6.08 Å². The zero-order chi connectivity index (χ0) is 27.5. The summed E-state index contributed by atoms with van der Waals surface area (Å²) in [6.07, 6.45) is 1.02. The molecule has 1 aromatic rings. The maximum absolute atomic E-state index is 13.8. The van der Waals surface area contributed by atoms with Crippen LogP contribution in [0.3, 0.4) is 0 Å². The molecule has 0 bridgehead atoms. The number of nitrogens with one attached hydrogen (secondary N) is 2. The topological polar surface area (TPSA) is 138 Å². The third-order valence-corrected chi connectivity index (χ3v) is 4.88. The molecule has 1 aromatic carbocycles. The van der Waals surface area contributed by atoms with Gasteiger partial charge in [0.2, 0.25) is 11.8 Å². The Bertz CT molecular complexity index is 993. The van der Waals surface area contributed by atoms with Crippen LogP contribution in [0.1, 0.15) is 58.2 Å². The fourth-order valence-electron chi connectivity index (χ4n) is 3.37. The minimum atomic E-state index is -1.27. The summed E-state index contributed by atoms with van der Waals surface area (Å²) in [4.78, 5) is 52.2. The van der Waals surface area contributed by atoms with Crippen molar-refractivity contribution in [3.63, 3.8) is 0 Å². The van der Waals surface area contributed by atoms with Gasteiger partial charge in [0, 0.05) is 0 Å². The van der Waals surface area contributed by atoms with Gasteiger partial charge in [0.15, 0.2) is 0 Å². The van der Waals surface area contributed by atoms with Crippen molar-refractivity contribution >= 4 is 30.0 Å². The lowest BCUT2D eigenvalue weighted by molar-refractivity contribution is -0.144. The summed E-state index contributed by atoms with van der Waals surface area (Å²) in [5, 5.41) is 14.6. The highest BCUT2D eigenvalue weighted by Crippen LogP contribution is 2.25. The molecular formula is C26H36N4O6. The molecule has 0 heterocycles. The maximum Gasteiger partial charge on any atom is 0.408 e. The van der Waals surface area contributed by atoms with Gasteiger partial charge in [-0.15, -0.1) is 0 Å². The number of carbonyl (C=O) groups is 4. The summed E-state index contributed by atoms with van der Waals surface area (Å²) in [6.45, 7) is 11.7. The molecule has 0 fully saturated rings. The molecule has 0 spiro atoms. The van der Waals surface area contributed by atoms with Gasteiger partial charge in [-0.25, -0.2) is 4.79 Å². The van der Waals surface area contributed by atoms with Gasteiger partial charge in [-0.1, -0.05) is 44.7 Å². The number of rotatable bonds is 11. The first-order valence-corrected chi connectivity index (χ1v) is 11.6. The lowest BCUT2D eigenvalue weighted by atomic mass is 9.98. The minimum Gasteiger partial charge on any atom is -0.468 e. The van der Waals surface area contributed by atoms with E-state index in [0.29, 0.717) is 11.1 Å². The van der Waals surface area contributed by atoms with E-state index in [9.17, 15) is 24.4 Å². The van der Waals surface area contributed by atoms with Crippen molar-refractivity contribution in [2.24, 2.45) is 5.92 Å². The molecule has 0 aromatic heterocycles. The molecule has 1 rings (SSSR count). The summed E-state index contributed by atoms with van der Waals surface area (Å²) in [6, 6.07) is 6.34. The lowest BCUT2D eigenvalue weighted by Gasteiger charge is -2.33. The highest BCUT2D eigenvalue weighted by Gasteiger charge is 2.36. The fraction of sp³-hybridized carbons (Fsp3) is 0.500. The Morgan fingerprint density at radius 2 is 1.89 bits per heavy atom. The number of amides is 3. The lowest BCUT2D eigenvalue weighted by Crippen LogP contribution is -2.53. The van der Waals surface area contributed by atoms with Gasteiger partial charge in [0.05, 0.1) is 13.2 Å².